The van der Waals surface area contributed by atoms with Crippen LogP contribution in [-0.4, -0.2) is 42.6 Å². The number of carboxylic acids is 1. The summed E-state index contributed by atoms with van der Waals surface area (Å²) in [5, 5.41) is 14.7. The highest BCUT2D eigenvalue weighted by Crippen LogP contribution is 2.28. The molecule has 24 heavy (non-hydrogen) atoms. The van der Waals surface area contributed by atoms with Crippen LogP contribution in [0.2, 0.25) is 0 Å². The lowest BCUT2D eigenvalue weighted by Crippen LogP contribution is -2.31. The first kappa shape index (κ1) is 18.1. The molecule has 0 unspecified atom stereocenters. The highest BCUT2D eigenvalue weighted by molar-refractivity contribution is 7.91. The summed E-state index contributed by atoms with van der Waals surface area (Å²) in [6.45, 7) is 1.62. The van der Waals surface area contributed by atoms with Crippen molar-refractivity contribution in [2.24, 2.45) is 11.0 Å². The van der Waals surface area contributed by atoms with E-state index < -0.39 is 16.0 Å². The number of carbonyl (C=O) groups is 1. The molecule has 0 bridgehead atoms. The van der Waals surface area contributed by atoms with Crippen molar-refractivity contribution < 1.29 is 23.1 Å². The molecule has 0 aliphatic rings. The second kappa shape index (κ2) is 7.13. The Morgan fingerprint density at radius 2 is 2.21 bits per heavy atom. The van der Waals surface area contributed by atoms with Crippen LogP contribution in [0.25, 0.3) is 10.2 Å². The molecule has 0 saturated carbocycles. The number of nitrogens with two attached hydrogens (primary N) is 2. The zero-order valence-electron chi connectivity index (χ0n) is 12.7. The van der Waals surface area contributed by atoms with Crippen LogP contribution in [0.1, 0.15) is 6.92 Å². The monoisotopic (exact) mass is 372 g/mol. The first-order valence-electron chi connectivity index (χ1n) is 6.62. The van der Waals surface area contributed by atoms with E-state index in [1.807, 2.05) is 0 Å². The van der Waals surface area contributed by atoms with E-state index in [2.05, 4.69) is 4.98 Å². The van der Waals surface area contributed by atoms with Gasteiger partial charge in [0.2, 0.25) is 4.34 Å². The van der Waals surface area contributed by atoms with Gasteiger partial charge in [-0.15, -0.1) is 11.3 Å². The SMILES string of the molecule is C/C(=C\N(N)CC(=O)O)COc1ccc2nc(S(N)(=O)=O)sc2c1. The quantitative estimate of drug-likeness (QED) is 0.469. The maximum atomic E-state index is 11.3. The molecule has 0 aliphatic carbocycles. The van der Waals surface area contributed by atoms with Crippen molar-refractivity contribution in [2.45, 2.75) is 11.3 Å². The molecule has 9 nitrogen and oxygen atoms in total. The second-order valence-corrected chi connectivity index (χ2v) is 7.75. The fourth-order valence-corrected chi connectivity index (χ4v) is 3.50. The molecule has 0 spiro atoms. The Morgan fingerprint density at radius 3 is 2.83 bits per heavy atom. The number of hydrogen-bond acceptors (Lipinski definition) is 8. The lowest BCUT2D eigenvalue weighted by Gasteiger charge is -2.13. The first-order chi connectivity index (χ1) is 11.1. The molecule has 5 N–H and O–H groups in total. The summed E-state index contributed by atoms with van der Waals surface area (Å²) in [4.78, 5) is 14.5. The fourth-order valence-electron chi connectivity index (χ4n) is 1.81. The van der Waals surface area contributed by atoms with Gasteiger partial charge in [0.15, 0.2) is 0 Å². The van der Waals surface area contributed by atoms with Gasteiger partial charge in [-0.3, -0.25) is 4.79 Å². The van der Waals surface area contributed by atoms with E-state index in [4.69, 9.17) is 20.8 Å². The average molecular weight is 372 g/mol. The smallest absolute Gasteiger partial charge is 0.324 e. The summed E-state index contributed by atoms with van der Waals surface area (Å²) < 4.78 is 28.7. The minimum atomic E-state index is -3.84. The summed E-state index contributed by atoms with van der Waals surface area (Å²) in [7, 11) is -3.84. The number of carboxylic acid groups (broad SMARTS) is 1. The van der Waals surface area contributed by atoms with Gasteiger partial charge >= 0.3 is 5.97 Å². The van der Waals surface area contributed by atoms with Gasteiger partial charge < -0.3 is 14.9 Å². The van der Waals surface area contributed by atoms with Crippen LogP contribution in [0, 0.1) is 0 Å². The molecule has 2 rings (SSSR count). The van der Waals surface area contributed by atoms with Crippen molar-refractivity contribution in [1.29, 1.82) is 0 Å². The number of rotatable bonds is 7. The number of fused-ring (bicyclic) bond motifs is 1. The molecular weight excluding hydrogens is 356 g/mol. The Kier molecular flexibility index (Phi) is 5.39. The van der Waals surface area contributed by atoms with Crippen molar-refractivity contribution >= 4 is 37.5 Å². The van der Waals surface area contributed by atoms with Gasteiger partial charge in [-0.05, 0) is 30.7 Å². The van der Waals surface area contributed by atoms with E-state index in [0.29, 0.717) is 21.5 Å². The molecule has 0 saturated heterocycles. The number of thiazole rings is 1. The molecule has 0 radical (unpaired) electrons. The van der Waals surface area contributed by atoms with Crippen molar-refractivity contribution in [3.05, 3.63) is 30.0 Å². The van der Waals surface area contributed by atoms with E-state index in [0.717, 1.165) is 16.3 Å². The number of benzene rings is 1. The second-order valence-electron chi connectivity index (χ2n) is 4.98. The summed E-state index contributed by atoms with van der Waals surface area (Å²) in [5.74, 6) is 4.98. The molecular formula is C13H16N4O5S2. The van der Waals surface area contributed by atoms with E-state index in [-0.39, 0.29) is 17.5 Å². The lowest BCUT2D eigenvalue weighted by atomic mass is 10.3. The molecule has 0 amide bonds. The summed E-state index contributed by atoms with van der Waals surface area (Å²) in [5.41, 5.74) is 1.23. The van der Waals surface area contributed by atoms with E-state index >= 15 is 0 Å². The maximum Gasteiger partial charge on any atom is 0.324 e. The van der Waals surface area contributed by atoms with Gasteiger partial charge in [0, 0.05) is 6.20 Å². The zero-order chi connectivity index (χ0) is 17.9. The van der Waals surface area contributed by atoms with Gasteiger partial charge in [0.1, 0.15) is 18.9 Å². The number of aromatic nitrogens is 1. The molecule has 0 aliphatic heterocycles. The van der Waals surface area contributed by atoms with Gasteiger partial charge in [-0.1, -0.05) is 0 Å². The van der Waals surface area contributed by atoms with Gasteiger partial charge in [0.25, 0.3) is 10.0 Å². The average Bonchev–Trinajstić information content (AvgIpc) is 2.87. The predicted molar refractivity (Wildman–Crippen MR) is 88.8 cm³/mol. The number of hydrazine groups is 1. The predicted octanol–water partition coefficient (Wildman–Crippen LogP) is 0.487. The number of nitrogens with zero attached hydrogens (tertiary/aromatic N) is 2. The molecule has 130 valence electrons. The number of aliphatic carboxylic acids is 1. The van der Waals surface area contributed by atoms with Crippen molar-refractivity contribution in [3.63, 3.8) is 0 Å². The molecule has 0 atom stereocenters. The summed E-state index contributed by atoms with van der Waals surface area (Å²) in [6.07, 6.45) is 1.47. The zero-order valence-corrected chi connectivity index (χ0v) is 14.3. The molecule has 1 heterocycles. The van der Waals surface area contributed by atoms with E-state index in [1.54, 1.807) is 25.1 Å². The standard InChI is InChI=1S/C13H16N4O5S2/c1-8(5-17(14)6-12(18)19)7-22-9-2-3-10-11(4-9)23-13(16-10)24(15,20)21/h2-5H,6-7,14H2,1H3,(H,18,19)(H2,15,20,21)/b8-5+. The van der Waals surface area contributed by atoms with E-state index in [1.165, 1.54) is 6.20 Å². The van der Waals surface area contributed by atoms with Crippen LogP contribution in [-0.2, 0) is 14.8 Å². The van der Waals surface area contributed by atoms with Crippen molar-refractivity contribution in [2.75, 3.05) is 13.2 Å². The summed E-state index contributed by atoms with van der Waals surface area (Å²) in [6, 6.07) is 4.95. The fraction of sp³-hybridized carbons (Fsp3) is 0.231. The normalized spacial score (nSPS) is 12.4. The molecule has 1 aromatic carbocycles. The first-order valence-corrected chi connectivity index (χ1v) is 8.98. The highest BCUT2D eigenvalue weighted by Gasteiger charge is 2.14. The van der Waals surface area contributed by atoms with Gasteiger partial charge in [0.05, 0.1) is 10.2 Å². The Hall–Kier alpha value is -2.21. The minimum absolute atomic E-state index is 0.154. The Balaban J connectivity index is 2.08. The molecule has 0 fully saturated rings. The highest BCUT2D eigenvalue weighted by atomic mass is 32.2. The number of sulfonamides is 1. The number of ether oxygens (including phenoxy) is 1. The Bertz CT molecular complexity index is 891. The van der Waals surface area contributed by atoms with Crippen molar-refractivity contribution in [1.82, 2.24) is 9.99 Å². The van der Waals surface area contributed by atoms with Crippen LogP contribution >= 0.6 is 11.3 Å². The largest absolute Gasteiger partial charge is 0.489 e. The molecule has 2 aromatic rings. The molecule has 11 heteroatoms. The Labute approximate surface area is 142 Å². The van der Waals surface area contributed by atoms with Crippen LogP contribution in [0.4, 0.5) is 0 Å². The van der Waals surface area contributed by atoms with Crippen molar-refractivity contribution in [3.8, 4) is 5.75 Å². The number of primary sulfonamides is 1. The Morgan fingerprint density at radius 1 is 1.50 bits per heavy atom. The third-order valence-electron chi connectivity index (χ3n) is 2.75. The maximum absolute atomic E-state index is 11.3. The topological polar surface area (TPSA) is 149 Å². The van der Waals surface area contributed by atoms with Gasteiger partial charge in [-0.25, -0.2) is 24.4 Å². The molecule has 1 aromatic heterocycles. The van der Waals surface area contributed by atoms with E-state index in [9.17, 15) is 13.2 Å². The van der Waals surface area contributed by atoms with Gasteiger partial charge in [-0.2, -0.15) is 0 Å². The number of hydrogen-bond donors (Lipinski definition) is 3. The van der Waals surface area contributed by atoms with Crippen LogP contribution in [0.15, 0.2) is 34.3 Å². The van der Waals surface area contributed by atoms with Crippen LogP contribution < -0.4 is 15.7 Å². The third kappa shape index (κ3) is 4.89. The summed E-state index contributed by atoms with van der Waals surface area (Å²) >= 11 is 0.958. The van der Waals surface area contributed by atoms with Crippen LogP contribution in [0.3, 0.4) is 0 Å². The third-order valence-corrected chi connectivity index (χ3v) is 5.09. The lowest BCUT2D eigenvalue weighted by molar-refractivity contribution is -0.137. The van der Waals surface area contributed by atoms with Crippen LogP contribution in [0.5, 0.6) is 5.75 Å². The minimum Gasteiger partial charge on any atom is -0.489 e.